The monoisotopic (exact) mass is 227 g/mol. The van der Waals surface area contributed by atoms with E-state index in [0.29, 0.717) is 13.0 Å². The molecule has 0 N–H and O–H groups in total. The number of ether oxygens (including phenoxy) is 1. The number of hydrogen-bond acceptors (Lipinski definition) is 4. The average molecular weight is 227 g/mol. The van der Waals surface area contributed by atoms with Crippen LogP contribution in [0.4, 0.5) is 0 Å². The van der Waals surface area contributed by atoms with E-state index in [2.05, 4.69) is 0 Å². The van der Waals surface area contributed by atoms with Crippen LogP contribution in [-0.4, -0.2) is 43.4 Å². The van der Waals surface area contributed by atoms with Crippen molar-refractivity contribution in [2.75, 3.05) is 20.7 Å². The third kappa shape index (κ3) is 3.04. The van der Waals surface area contributed by atoms with Crippen molar-refractivity contribution in [1.29, 1.82) is 0 Å². The lowest BCUT2D eigenvalue weighted by atomic mass is 9.82. The van der Waals surface area contributed by atoms with Crippen molar-refractivity contribution < 1.29 is 14.3 Å². The first-order chi connectivity index (χ1) is 7.57. The van der Waals surface area contributed by atoms with Gasteiger partial charge in [-0.3, -0.25) is 14.5 Å². The Labute approximate surface area is 96.9 Å². The molecule has 0 saturated heterocycles. The van der Waals surface area contributed by atoms with Crippen molar-refractivity contribution in [3.8, 4) is 0 Å². The van der Waals surface area contributed by atoms with Gasteiger partial charge in [-0.1, -0.05) is 6.42 Å². The van der Waals surface area contributed by atoms with Crippen LogP contribution in [0.15, 0.2) is 0 Å². The number of Topliss-reactive ketones (excluding diaryl/α,β-unsaturated/α-hetero) is 1. The zero-order valence-electron chi connectivity index (χ0n) is 10.4. The van der Waals surface area contributed by atoms with Crippen LogP contribution in [-0.2, 0) is 14.3 Å². The Balaban J connectivity index is 2.75. The van der Waals surface area contributed by atoms with Crippen LogP contribution in [0.1, 0.15) is 32.6 Å². The van der Waals surface area contributed by atoms with Crippen molar-refractivity contribution in [3.63, 3.8) is 0 Å². The highest BCUT2D eigenvalue weighted by Gasteiger charge is 2.37. The van der Waals surface area contributed by atoms with E-state index in [0.717, 1.165) is 19.3 Å². The summed E-state index contributed by atoms with van der Waals surface area (Å²) in [6.45, 7) is 2.15. The molecule has 1 aliphatic carbocycles. The van der Waals surface area contributed by atoms with Gasteiger partial charge in [0.15, 0.2) is 0 Å². The topological polar surface area (TPSA) is 46.6 Å². The molecule has 0 unspecified atom stereocenters. The van der Waals surface area contributed by atoms with Crippen molar-refractivity contribution in [3.05, 3.63) is 0 Å². The predicted octanol–water partition coefficient (Wildman–Crippen LogP) is 1.24. The van der Waals surface area contributed by atoms with Gasteiger partial charge in [-0.05, 0) is 33.9 Å². The van der Waals surface area contributed by atoms with Crippen LogP contribution in [0.5, 0.6) is 0 Å². The molecule has 0 spiro atoms. The highest BCUT2D eigenvalue weighted by atomic mass is 16.5. The fraction of sp³-hybridized carbons (Fsp3) is 0.833. The molecule has 1 saturated carbocycles. The maximum atomic E-state index is 11.8. The Morgan fingerprint density at radius 3 is 2.69 bits per heavy atom. The fourth-order valence-electron chi connectivity index (χ4n) is 2.31. The summed E-state index contributed by atoms with van der Waals surface area (Å²) in [7, 11) is 3.65. The molecule has 1 rings (SSSR count). The first-order valence-corrected chi connectivity index (χ1v) is 5.93. The van der Waals surface area contributed by atoms with Crippen molar-refractivity contribution in [1.82, 2.24) is 4.90 Å². The summed E-state index contributed by atoms with van der Waals surface area (Å²) < 4.78 is 5.03. The van der Waals surface area contributed by atoms with E-state index < -0.39 is 6.04 Å². The van der Waals surface area contributed by atoms with Crippen LogP contribution in [0, 0.1) is 5.92 Å². The molecule has 0 aromatic carbocycles. The van der Waals surface area contributed by atoms with E-state index in [1.165, 1.54) is 0 Å². The second-order valence-electron chi connectivity index (χ2n) is 4.48. The van der Waals surface area contributed by atoms with Gasteiger partial charge in [-0.15, -0.1) is 0 Å². The molecule has 16 heavy (non-hydrogen) atoms. The summed E-state index contributed by atoms with van der Waals surface area (Å²) in [6, 6.07) is -0.409. The summed E-state index contributed by atoms with van der Waals surface area (Å²) in [5, 5.41) is 0. The van der Waals surface area contributed by atoms with E-state index >= 15 is 0 Å². The number of carbonyl (C=O) groups is 2. The average Bonchev–Trinajstić information content (AvgIpc) is 2.21. The molecule has 4 nitrogen and oxygen atoms in total. The van der Waals surface area contributed by atoms with Gasteiger partial charge >= 0.3 is 5.97 Å². The highest BCUT2D eigenvalue weighted by molar-refractivity contribution is 5.89. The largest absolute Gasteiger partial charge is 0.465 e. The van der Waals surface area contributed by atoms with Crippen molar-refractivity contribution >= 4 is 11.8 Å². The second-order valence-corrected chi connectivity index (χ2v) is 4.48. The minimum atomic E-state index is -0.409. The molecule has 0 aliphatic heterocycles. The number of hydrogen-bond donors (Lipinski definition) is 0. The van der Waals surface area contributed by atoms with Crippen LogP contribution in [0.2, 0.25) is 0 Å². The lowest BCUT2D eigenvalue weighted by molar-refractivity contribution is -0.153. The quantitative estimate of drug-likeness (QED) is 0.678. The lowest BCUT2D eigenvalue weighted by Gasteiger charge is -2.31. The SMILES string of the molecule is CCOC(=O)[C@@H]([C@@H]1CCCCC1=O)N(C)C. The number of likely N-dealkylation sites (N-methyl/N-ethyl adjacent to an activating group) is 1. The van der Waals surface area contributed by atoms with Gasteiger partial charge in [-0.2, -0.15) is 0 Å². The van der Waals surface area contributed by atoms with Crippen LogP contribution in [0.25, 0.3) is 0 Å². The standard InChI is InChI=1S/C12H21NO3/c1-4-16-12(15)11(13(2)3)9-7-5-6-8-10(9)14/h9,11H,4-8H2,1-3H3/t9-,11-/m1/s1. The van der Waals surface area contributed by atoms with Crippen molar-refractivity contribution in [2.24, 2.45) is 5.92 Å². The molecule has 2 atom stereocenters. The zero-order chi connectivity index (χ0) is 12.1. The number of rotatable bonds is 4. The maximum Gasteiger partial charge on any atom is 0.324 e. The predicted molar refractivity (Wildman–Crippen MR) is 61.1 cm³/mol. The molecule has 1 aliphatic rings. The van der Waals surface area contributed by atoms with E-state index in [1.54, 1.807) is 11.8 Å². The van der Waals surface area contributed by atoms with Gasteiger partial charge in [0.25, 0.3) is 0 Å². The molecule has 0 aromatic heterocycles. The van der Waals surface area contributed by atoms with Crippen LogP contribution < -0.4 is 0 Å². The lowest BCUT2D eigenvalue weighted by Crippen LogP contribution is -2.47. The van der Waals surface area contributed by atoms with Gasteiger partial charge in [0.1, 0.15) is 11.8 Å². The first kappa shape index (κ1) is 13.2. The molecule has 4 heteroatoms. The summed E-state index contributed by atoms with van der Waals surface area (Å²) in [4.78, 5) is 25.4. The van der Waals surface area contributed by atoms with Crippen LogP contribution >= 0.6 is 0 Å². The number of carbonyl (C=O) groups excluding carboxylic acids is 2. The maximum absolute atomic E-state index is 11.8. The molecule has 1 fully saturated rings. The molecule has 0 bridgehead atoms. The number of esters is 1. The molecule has 0 aromatic rings. The van der Waals surface area contributed by atoms with Crippen molar-refractivity contribution in [2.45, 2.75) is 38.6 Å². The Hall–Kier alpha value is -0.900. The summed E-state index contributed by atoms with van der Waals surface area (Å²) in [5.74, 6) is -0.242. The number of nitrogens with zero attached hydrogens (tertiary/aromatic N) is 1. The van der Waals surface area contributed by atoms with Gasteiger partial charge in [0, 0.05) is 12.3 Å². The Morgan fingerprint density at radius 2 is 2.19 bits per heavy atom. The van der Waals surface area contributed by atoms with E-state index in [-0.39, 0.29) is 17.7 Å². The highest BCUT2D eigenvalue weighted by Crippen LogP contribution is 2.26. The molecule has 0 heterocycles. The van der Waals surface area contributed by atoms with Crippen LogP contribution in [0.3, 0.4) is 0 Å². The third-order valence-corrected chi connectivity index (χ3v) is 3.07. The molecular formula is C12H21NO3. The molecule has 0 radical (unpaired) electrons. The van der Waals surface area contributed by atoms with Gasteiger partial charge in [-0.25, -0.2) is 0 Å². The Morgan fingerprint density at radius 1 is 1.50 bits per heavy atom. The molecular weight excluding hydrogens is 206 g/mol. The summed E-state index contributed by atoms with van der Waals surface area (Å²) in [6.07, 6.45) is 3.40. The normalized spacial score (nSPS) is 23.2. The minimum Gasteiger partial charge on any atom is -0.465 e. The molecule has 0 amide bonds. The molecule has 92 valence electrons. The van der Waals surface area contributed by atoms with Gasteiger partial charge in [0.2, 0.25) is 0 Å². The summed E-state index contributed by atoms with van der Waals surface area (Å²) >= 11 is 0. The third-order valence-electron chi connectivity index (χ3n) is 3.07. The first-order valence-electron chi connectivity index (χ1n) is 5.93. The summed E-state index contributed by atoms with van der Waals surface area (Å²) in [5.41, 5.74) is 0. The Bertz CT molecular complexity index is 263. The van der Waals surface area contributed by atoms with Gasteiger partial charge in [0.05, 0.1) is 6.61 Å². The smallest absolute Gasteiger partial charge is 0.324 e. The zero-order valence-corrected chi connectivity index (χ0v) is 10.4. The second kappa shape index (κ2) is 5.99. The number of ketones is 1. The Kier molecular flexibility index (Phi) is 4.93. The van der Waals surface area contributed by atoms with Gasteiger partial charge < -0.3 is 4.74 Å². The van der Waals surface area contributed by atoms with E-state index in [1.807, 2.05) is 14.1 Å². The van der Waals surface area contributed by atoms with E-state index in [4.69, 9.17) is 4.74 Å². The minimum absolute atomic E-state index is 0.178. The fourth-order valence-corrected chi connectivity index (χ4v) is 2.31. The van der Waals surface area contributed by atoms with E-state index in [9.17, 15) is 9.59 Å².